The minimum atomic E-state index is -0.896. The van der Waals surface area contributed by atoms with E-state index in [1.165, 1.54) is 4.90 Å². The Labute approximate surface area is 131 Å². The van der Waals surface area contributed by atoms with Crippen molar-refractivity contribution in [2.24, 2.45) is 0 Å². The molecule has 1 aliphatic heterocycles. The van der Waals surface area contributed by atoms with Crippen LogP contribution in [0.2, 0.25) is 0 Å². The molecule has 0 spiro atoms. The van der Waals surface area contributed by atoms with Crippen molar-refractivity contribution in [2.75, 3.05) is 19.6 Å². The summed E-state index contributed by atoms with van der Waals surface area (Å²) in [6.07, 6.45) is 0.592. The molecule has 3 N–H and O–H groups in total. The molecule has 0 aromatic rings. The first-order valence-electron chi connectivity index (χ1n) is 7.66. The van der Waals surface area contributed by atoms with Crippen molar-refractivity contribution in [1.82, 2.24) is 10.2 Å². The van der Waals surface area contributed by atoms with E-state index in [2.05, 4.69) is 5.32 Å². The largest absolute Gasteiger partial charge is 0.481 e. The fourth-order valence-electron chi connectivity index (χ4n) is 2.47. The minimum Gasteiger partial charge on any atom is -0.481 e. The van der Waals surface area contributed by atoms with Gasteiger partial charge in [0.1, 0.15) is 5.60 Å². The highest BCUT2D eigenvalue weighted by molar-refractivity contribution is 5.73. The first-order valence-corrected chi connectivity index (χ1v) is 7.66. The fraction of sp³-hybridized carbons (Fsp3) is 0.867. The van der Waals surface area contributed by atoms with Gasteiger partial charge in [-0.05, 0) is 47.1 Å². The van der Waals surface area contributed by atoms with Crippen LogP contribution in [-0.4, -0.2) is 64.1 Å². The Bertz CT molecular complexity index is 397. The Hall–Kier alpha value is -1.34. The van der Waals surface area contributed by atoms with Gasteiger partial charge in [0.15, 0.2) is 0 Å². The van der Waals surface area contributed by atoms with Crippen molar-refractivity contribution in [3.63, 3.8) is 0 Å². The standard InChI is InChI=1S/C15H28N2O5/c1-11(18)6-5-7-16-15(8-12(19)20)9-17(10-15)13(21)22-14(2,3)4/h11,16,18H,5-10H2,1-4H3,(H,19,20). The highest BCUT2D eigenvalue weighted by Crippen LogP contribution is 2.26. The van der Waals surface area contributed by atoms with Crippen molar-refractivity contribution < 1.29 is 24.5 Å². The summed E-state index contributed by atoms with van der Waals surface area (Å²) in [4.78, 5) is 24.5. The van der Waals surface area contributed by atoms with E-state index in [0.29, 0.717) is 26.1 Å². The summed E-state index contributed by atoms with van der Waals surface area (Å²) in [6, 6.07) is 0. The number of aliphatic hydroxyl groups excluding tert-OH is 1. The van der Waals surface area contributed by atoms with Crippen LogP contribution in [0.15, 0.2) is 0 Å². The lowest BCUT2D eigenvalue weighted by atomic mass is 9.86. The minimum absolute atomic E-state index is 0.0407. The van der Waals surface area contributed by atoms with Crippen LogP contribution in [0.3, 0.4) is 0 Å². The third-order valence-corrected chi connectivity index (χ3v) is 3.43. The molecule has 1 atom stereocenters. The molecule has 1 amide bonds. The van der Waals surface area contributed by atoms with E-state index in [-0.39, 0.29) is 12.5 Å². The van der Waals surface area contributed by atoms with Gasteiger partial charge in [0.2, 0.25) is 0 Å². The topological polar surface area (TPSA) is 99.1 Å². The molecule has 1 unspecified atom stereocenters. The predicted molar refractivity (Wildman–Crippen MR) is 81.7 cm³/mol. The van der Waals surface area contributed by atoms with Crippen LogP contribution in [0.25, 0.3) is 0 Å². The number of nitrogens with zero attached hydrogens (tertiary/aromatic N) is 1. The smallest absolute Gasteiger partial charge is 0.410 e. The third kappa shape index (κ3) is 6.19. The van der Waals surface area contributed by atoms with E-state index in [4.69, 9.17) is 9.84 Å². The van der Waals surface area contributed by atoms with E-state index in [1.54, 1.807) is 27.7 Å². The number of carbonyl (C=O) groups excluding carboxylic acids is 1. The van der Waals surface area contributed by atoms with Gasteiger partial charge in [-0.15, -0.1) is 0 Å². The average Bonchev–Trinajstić information content (AvgIpc) is 2.26. The molecule has 7 heteroatoms. The maximum atomic E-state index is 11.9. The highest BCUT2D eigenvalue weighted by Gasteiger charge is 2.47. The van der Waals surface area contributed by atoms with E-state index in [1.807, 2.05) is 0 Å². The molecule has 1 fully saturated rings. The van der Waals surface area contributed by atoms with Gasteiger partial charge in [0.05, 0.1) is 18.1 Å². The molecule has 0 aliphatic carbocycles. The van der Waals surface area contributed by atoms with Gasteiger partial charge >= 0.3 is 12.1 Å². The second kappa shape index (κ2) is 7.28. The summed E-state index contributed by atoms with van der Waals surface area (Å²) in [6.45, 7) is 8.36. The molecule has 0 aromatic carbocycles. The number of amides is 1. The average molecular weight is 316 g/mol. The van der Waals surface area contributed by atoms with Gasteiger partial charge in [-0.2, -0.15) is 0 Å². The van der Waals surface area contributed by atoms with E-state index >= 15 is 0 Å². The number of hydrogen-bond acceptors (Lipinski definition) is 5. The molecule has 0 aromatic heterocycles. The zero-order valence-electron chi connectivity index (χ0n) is 13.9. The highest BCUT2D eigenvalue weighted by atomic mass is 16.6. The van der Waals surface area contributed by atoms with Crippen LogP contribution in [-0.2, 0) is 9.53 Å². The molecule has 0 saturated carbocycles. The first-order chi connectivity index (χ1) is 10.0. The molecule has 0 bridgehead atoms. The summed E-state index contributed by atoms with van der Waals surface area (Å²) in [5, 5.41) is 21.5. The molecule has 1 heterocycles. The van der Waals surface area contributed by atoms with Gasteiger partial charge in [-0.3, -0.25) is 4.79 Å². The van der Waals surface area contributed by atoms with Gasteiger partial charge in [0, 0.05) is 13.1 Å². The summed E-state index contributed by atoms with van der Waals surface area (Å²) in [5.41, 5.74) is -1.16. The van der Waals surface area contributed by atoms with Crippen LogP contribution in [0, 0.1) is 0 Å². The van der Waals surface area contributed by atoms with Crippen molar-refractivity contribution >= 4 is 12.1 Å². The number of carboxylic acids is 1. The van der Waals surface area contributed by atoms with Gasteiger partial charge in [-0.1, -0.05) is 0 Å². The molecular formula is C15H28N2O5. The van der Waals surface area contributed by atoms with Crippen molar-refractivity contribution in [3.8, 4) is 0 Å². The molecule has 0 radical (unpaired) electrons. The fourth-order valence-corrected chi connectivity index (χ4v) is 2.47. The summed E-state index contributed by atoms with van der Waals surface area (Å²) in [5.74, 6) is -0.896. The number of aliphatic carboxylic acids is 1. The van der Waals surface area contributed by atoms with Gasteiger partial charge in [-0.25, -0.2) is 4.79 Å². The lowest BCUT2D eigenvalue weighted by Gasteiger charge is -2.49. The second-order valence-electron chi connectivity index (χ2n) is 7.11. The van der Waals surface area contributed by atoms with Crippen LogP contribution in [0.4, 0.5) is 4.79 Å². The number of ether oxygens (including phenoxy) is 1. The van der Waals surface area contributed by atoms with E-state index in [0.717, 1.165) is 6.42 Å². The van der Waals surface area contributed by atoms with Crippen LogP contribution >= 0.6 is 0 Å². The van der Waals surface area contributed by atoms with E-state index in [9.17, 15) is 14.7 Å². The Balaban J connectivity index is 2.48. The molecule has 1 saturated heterocycles. The number of likely N-dealkylation sites (tertiary alicyclic amines) is 1. The third-order valence-electron chi connectivity index (χ3n) is 3.43. The Morgan fingerprint density at radius 2 is 1.95 bits per heavy atom. The van der Waals surface area contributed by atoms with Crippen molar-refractivity contribution in [1.29, 1.82) is 0 Å². The molecule has 1 aliphatic rings. The van der Waals surface area contributed by atoms with Crippen LogP contribution in [0.1, 0.15) is 47.0 Å². The number of rotatable bonds is 7. The molecule has 128 valence electrons. The zero-order valence-corrected chi connectivity index (χ0v) is 13.9. The van der Waals surface area contributed by atoms with Crippen LogP contribution < -0.4 is 5.32 Å². The Kier molecular flexibility index (Phi) is 6.19. The number of carbonyl (C=O) groups is 2. The Morgan fingerprint density at radius 1 is 1.36 bits per heavy atom. The molecule has 1 rings (SSSR count). The maximum Gasteiger partial charge on any atom is 0.410 e. The lowest BCUT2D eigenvalue weighted by Crippen LogP contribution is -2.71. The lowest BCUT2D eigenvalue weighted by molar-refractivity contribution is -0.141. The van der Waals surface area contributed by atoms with Gasteiger partial charge < -0.3 is 25.2 Å². The van der Waals surface area contributed by atoms with E-state index < -0.39 is 23.2 Å². The van der Waals surface area contributed by atoms with Crippen molar-refractivity contribution in [3.05, 3.63) is 0 Å². The summed E-state index contributed by atoms with van der Waals surface area (Å²) in [7, 11) is 0. The number of nitrogens with one attached hydrogen (secondary N) is 1. The normalized spacial score (nSPS) is 18.5. The molecular weight excluding hydrogens is 288 g/mol. The molecule has 22 heavy (non-hydrogen) atoms. The number of hydrogen-bond donors (Lipinski definition) is 3. The predicted octanol–water partition coefficient (Wildman–Crippen LogP) is 1.20. The van der Waals surface area contributed by atoms with Crippen molar-refractivity contribution in [2.45, 2.75) is 64.2 Å². The SMILES string of the molecule is CC(O)CCCNC1(CC(=O)O)CN(C(=O)OC(C)(C)C)C1. The number of aliphatic hydroxyl groups is 1. The monoisotopic (exact) mass is 316 g/mol. The number of carboxylic acid groups (broad SMARTS) is 1. The Morgan fingerprint density at radius 3 is 2.41 bits per heavy atom. The quantitative estimate of drug-likeness (QED) is 0.610. The van der Waals surface area contributed by atoms with Gasteiger partial charge in [0.25, 0.3) is 0 Å². The zero-order chi connectivity index (χ0) is 17.0. The summed E-state index contributed by atoms with van der Waals surface area (Å²) < 4.78 is 5.28. The second-order valence-corrected chi connectivity index (χ2v) is 7.11. The summed E-state index contributed by atoms with van der Waals surface area (Å²) >= 11 is 0. The van der Waals surface area contributed by atoms with Crippen LogP contribution in [0.5, 0.6) is 0 Å². The maximum absolute atomic E-state index is 11.9. The molecule has 7 nitrogen and oxygen atoms in total. The first kappa shape index (κ1) is 18.7.